The second kappa shape index (κ2) is 7.18. The molecule has 5 heteroatoms. The first-order valence-corrected chi connectivity index (χ1v) is 8.43. The summed E-state index contributed by atoms with van der Waals surface area (Å²) in [4.78, 5) is 25.7. The van der Waals surface area contributed by atoms with Gasteiger partial charge in [-0.25, -0.2) is 9.69 Å². The summed E-state index contributed by atoms with van der Waals surface area (Å²) in [6.45, 7) is 4.29. The van der Waals surface area contributed by atoms with E-state index in [0.717, 1.165) is 18.4 Å². The summed E-state index contributed by atoms with van der Waals surface area (Å²) in [5.41, 5.74) is 0.901. The van der Waals surface area contributed by atoms with Crippen molar-refractivity contribution >= 4 is 12.0 Å². The van der Waals surface area contributed by atoms with Crippen LogP contribution in [0.2, 0.25) is 0 Å². The molecule has 3 atom stereocenters. The number of hydrogen-bond donors (Lipinski definition) is 0. The van der Waals surface area contributed by atoms with Crippen molar-refractivity contribution in [2.45, 2.75) is 44.9 Å². The fraction of sp³-hybridized carbons (Fsp3) is 0.474. The van der Waals surface area contributed by atoms with Crippen LogP contribution in [0.25, 0.3) is 0 Å². The summed E-state index contributed by atoms with van der Waals surface area (Å²) < 4.78 is 10.8. The zero-order valence-corrected chi connectivity index (χ0v) is 14.1. The third-order valence-corrected chi connectivity index (χ3v) is 4.54. The van der Waals surface area contributed by atoms with Crippen LogP contribution in [0.15, 0.2) is 42.5 Å². The third-order valence-electron chi connectivity index (χ3n) is 4.54. The number of amides is 2. The Morgan fingerprint density at radius 1 is 1.17 bits per heavy atom. The van der Waals surface area contributed by atoms with Crippen molar-refractivity contribution in [1.82, 2.24) is 4.90 Å². The van der Waals surface area contributed by atoms with E-state index in [4.69, 9.17) is 9.47 Å². The third kappa shape index (κ3) is 3.67. The van der Waals surface area contributed by atoms with Crippen molar-refractivity contribution in [2.75, 3.05) is 6.61 Å². The molecule has 1 aromatic rings. The highest BCUT2D eigenvalue weighted by Gasteiger charge is 2.38. The minimum absolute atomic E-state index is 0.187. The monoisotopic (exact) mass is 329 g/mol. The molecule has 1 aromatic carbocycles. The highest BCUT2D eigenvalue weighted by molar-refractivity contribution is 5.99. The second-order valence-electron chi connectivity index (χ2n) is 6.56. The van der Waals surface area contributed by atoms with E-state index in [1.807, 2.05) is 50.3 Å². The van der Waals surface area contributed by atoms with E-state index >= 15 is 0 Å². The first-order chi connectivity index (χ1) is 11.5. The molecule has 2 saturated heterocycles. The molecule has 0 bridgehead atoms. The van der Waals surface area contributed by atoms with Crippen LogP contribution in [-0.2, 0) is 14.3 Å². The quantitative estimate of drug-likeness (QED) is 0.797. The number of ether oxygens (including phenoxy) is 2. The van der Waals surface area contributed by atoms with Gasteiger partial charge < -0.3 is 9.47 Å². The predicted molar refractivity (Wildman–Crippen MR) is 89.3 cm³/mol. The topological polar surface area (TPSA) is 55.8 Å². The van der Waals surface area contributed by atoms with Crippen molar-refractivity contribution in [3.05, 3.63) is 48.0 Å². The molecule has 24 heavy (non-hydrogen) atoms. The molecule has 2 aliphatic heterocycles. The summed E-state index contributed by atoms with van der Waals surface area (Å²) in [7, 11) is 0. The normalized spacial score (nSPS) is 30.6. The van der Waals surface area contributed by atoms with E-state index < -0.39 is 6.09 Å². The Labute approximate surface area is 142 Å². The molecule has 0 N–H and O–H groups in total. The van der Waals surface area contributed by atoms with Crippen LogP contribution < -0.4 is 0 Å². The van der Waals surface area contributed by atoms with Crippen molar-refractivity contribution < 1.29 is 19.1 Å². The number of carbonyl (C=O) groups excluding carboxylic acids is 2. The Bertz CT molecular complexity index is 618. The fourth-order valence-electron chi connectivity index (χ4n) is 3.50. The van der Waals surface area contributed by atoms with Crippen LogP contribution in [0, 0.1) is 5.92 Å². The highest BCUT2D eigenvalue weighted by atomic mass is 16.6. The van der Waals surface area contributed by atoms with Crippen molar-refractivity contribution in [1.29, 1.82) is 0 Å². The van der Waals surface area contributed by atoms with Gasteiger partial charge in [-0.15, -0.1) is 0 Å². The van der Waals surface area contributed by atoms with E-state index in [1.54, 1.807) is 0 Å². The molecule has 2 amide bonds. The molecule has 2 aliphatic rings. The molecule has 0 saturated carbocycles. The lowest BCUT2D eigenvalue weighted by Crippen LogP contribution is -2.33. The van der Waals surface area contributed by atoms with Gasteiger partial charge in [0, 0.05) is 0 Å². The molecule has 0 unspecified atom stereocenters. The molecule has 128 valence electrons. The smallest absolute Gasteiger partial charge is 0.417 e. The lowest BCUT2D eigenvalue weighted by Gasteiger charge is -2.30. The standard InChI is InChI=1S/C19H23NO4/c1-13-10-15(11-14(2)24-13)8-9-18(21)20-17(12-23-19(20)22)16-6-4-3-5-7-16/h3-9,13-15,17H,10-12H2,1-2H3/b9-8+/t13-,14-,17+/m1/s1. The summed E-state index contributed by atoms with van der Waals surface area (Å²) in [6.07, 6.45) is 5.00. The number of hydrogen-bond acceptors (Lipinski definition) is 4. The van der Waals surface area contributed by atoms with Crippen molar-refractivity contribution in [3.63, 3.8) is 0 Å². The van der Waals surface area contributed by atoms with Gasteiger partial charge in [-0.05, 0) is 44.2 Å². The molecular weight excluding hydrogens is 306 g/mol. The average molecular weight is 329 g/mol. The first-order valence-electron chi connectivity index (χ1n) is 8.43. The van der Waals surface area contributed by atoms with Crippen molar-refractivity contribution in [3.8, 4) is 0 Å². The molecule has 2 heterocycles. The van der Waals surface area contributed by atoms with E-state index in [1.165, 1.54) is 11.0 Å². The Balaban J connectivity index is 1.70. The highest BCUT2D eigenvalue weighted by Crippen LogP contribution is 2.29. The lowest BCUT2D eigenvalue weighted by atomic mass is 9.92. The maximum Gasteiger partial charge on any atom is 0.417 e. The van der Waals surface area contributed by atoms with Gasteiger partial charge >= 0.3 is 6.09 Å². The van der Waals surface area contributed by atoms with Gasteiger partial charge in [0.2, 0.25) is 0 Å². The maximum absolute atomic E-state index is 12.6. The summed E-state index contributed by atoms with van der Waals surface area (Å²) >= 11 is 0. The zero-order valence-electron chi connectivity index (χ0n) is 14.1. The number of rotatable bonds is 3. The zero-order chi connectivity index (χ0) is 17.1. The summed E-state index contributed by atoms with van der Waals surface area (Å²) in [5.74, 6) is -0.0281. The maximum atomic E-state index is 12.6. The molecule has 0 spiro atoms. The van der Waals surface area contributed by atoms with E-state index in [2.05, 4.69) is 0 Å². The second-order valence-corrected chi connectivity index (χ2v) is 6.56. The summed E-state index contributed by atoms with van der Waals surface area (Å²) in [6, 6.07) is 9.13. The van der Waals surface area contributed by atoms with Gasteiger partial charge in [-0.3, -0.25) is 4.79 Å². The summed E-state index contributed by atoms with van der Waals surface area (Å²) in [5, 5.41) is 0. The van der Waals surface area contributed by atoms with Crippen LogP contribution in [0.4, 0.5) is 4.79 Å². The van der Waals surface area contributed by atoms with Crippen LogP contribution in [0.3, 0.4) is 0 Å². The van der Waals surface area contributed by atoms with Gasteiger partial charge in [-0.2, -0.15) is 0 Å². The Hall–Kier alpha value is -2.14. The van der Waals surface area contributed by atoms with Gasteiger partial charge in [0.25, 0.3) is 5.91 Å². The van der Waals surface area contributed by atoms with E-state index in [9.17, 15) is 9.59 Å². The number of carbonyl (C=O) groups is 2. The Morgan fingerprint density at radius 3 is 2.50 bits per heavy atom. The van der Waals surface area contributed by atoms with E-state index in [-0.39, 0.29) is 30.8 Å². The van der Waals surface area contributed by atoms with Crippen LogP contribution in [-0.4, -0.2) is 35.7 Å². The molecule has 0 aromatic heterocycles. The van der Waals surface area contributed by atoms with Gasteiger partial charge in [-0.1, -0.05) is 36.4 Å². The molecule has 0 radical (unpaired) electrons. The predicted octanol–water partition coefficient (Wildman–Crippen LogP) is 3.47. The SMILES string of the molecule is C[C@@H]1CC(/C=C/C(=O)N2C(=O)OC[C@H]2c2ccccc2)C[C@@H](C)O1. The Morgan fingerprint density at radius 2 is 1.83 bits per heavy atom. The molecule has 5 nitrogen and oxygen atoms in total. The number of cyclic esters (lactones) is 1. The van der Waals surface area contributed by atoms with Gasteiger partial charge in [0.05, 0.1) is 12.2 Å². The minimum Gasteiger partial charge on any atom is -0.446 e. The fourth-order valence-corrected chi connectivity index (χ4v) is 3.50. The lowest BCUT2D eigenvalue weighted by molar-refractivity contribution is -0.124. The van der Waals surface area contributed by atoms with Crippen LogP contribution in [0.1, 0.15) is 38.3 Å². The first kappa shape index (κ1) is 16.7. The molecular formula is C19H23NO4. The molecule has 0 aliphatic carbocycles. The van der Waals surface area contributed by atoms with Crippen molar-refractivity contribution in [2.24, 2.45) is 5.92 Å². The molecule has 3 rings (SSSR count). The average Bonchev–Trinajstić information content (AvgIpc) is 2.94. The van der Waals surface area contributed by atoms with E-state index in [0.29, 0.717) is 5.92 Å². The Kier molecular flexibility index (Phi) is 5.00. The number of allylic oxidation sites excluding steroid dienone is 1. The van der Waals surface area contributed by atoms with Gasteiger partial charge in [0.15, 0.2) is 0 Å². The number of benzene rings is 1. The minimum atomic E-state index is -0.577. The van der Waals surface area contributed by atoms with Gasteiger partial charge in [0.1, 0.15) is 12.6 Å². The van der Waals surface area contributed by atoms with Crippen LogP contribution >= 0.6 is 0 Å². The number of imide groups is 1. The number of nitrogens with zero attached hydrogens (tertiary/aromatic N) is 1. The molecule has 2 fully saturated rings. The largest absolute Gasteiger partial charge is 0.446 e. The van der Waals surface area contributed by atoms with Crippen LogP contribution in [0.5, 0.6) is 0 Å².